The molecule has 1 fully saturated rings. The van der Waals surface area contributed by atoms with Crippen LogP contribution in [0.25, 0.3) is 0 Å². The van der Waals surface area contributed by atoms with E-state index in [0.29, 0.717) is 17.3 Å². The molecule has 4 nitrogen and oxygen atoms in total. The third kappa shape index (κ3) is 8.31. The Kier molecular flexibility index (Phi) is 10.3. The van der Waals surface area contributed by atoms with Crippen molar-refractivity contribution in [1.29, 1.82) is 0 Å². The average molecular weight is 638 g/mol. The SMILES string of the molecule is CC[C@H]1CC(N(Cc2cc(C(F)(F)F)cc(C(F)(F)F)c2)c2ncc(Br)cn2)C[C@@H](Cc2ccccc2)N1.Cl. The highest BCUT2D eigenvalue weighted by atomic mass is 79.9. The van der Waals surface area contributed by atoms with Crippen molar-refractivity contribution >= 4 is 34.3 Å². The number of benzene rings is 2. The van der Waals surface area contributed by atoms with Crippen molar-refractivity contribution in [2.75, 3.05) is 4.90 Å². The Labute approximate surface area is 237 Å². The van der Waals surface area contributed by atoms with E-state index in [2.05, 4.69) is 31.2 Å². The van der Waals surface area contributed by atoms with Crippen LogP contribution in [0.2, 0.25) is 0 Å². The second kappa shape index (κ2) is 12.9. The summed E-state index contributed by atoms with van der Waals surface area (Å²) in [6, 6.07) is 11.6. The first-order valence-electron chi connectivity index (χ1n) is 12.2. The predicted molar refractivity (Wildman–Crippen MR) is 144 cm³/mol. The number of nitrogens with one attached hydrogen (secondary N) is 1. The fourth-order valence-corrected chi connectivity index (χ4v) is 5.13. The van der Waals surface area contributed by atoms with Gasteiger partial charge in [-0.25, -0.2) is 9.97 Å². The Balaban J connectivity index is 0.00000420. The van der Waals surface area contributed by atoms with Crippen molar-refractivity contribution in [3.63, 3.8) is 0 Å². The third-order valence-electron chi connectivity index (χ3n) is 6.71. The summed E-state index contributed by atoms with van der Waals surface area (Å²) in [5.41, 5.74) is -1.64. The summed E-state index contributed by atoms with van der Waals surface area (Å²) >= 11 is 3.28. The van der Waals surface area contributed by atoms with Gasteiger partial charge < -0.3 is 10.2 Å². The van der Waals surface area contributed by atoms with Gasteiger partial charge in [0.2, 0.25) is 5.95 Å². The highest BCUT2D eigenvalue weighted by Crippen LogP contribution is 2.37. The van der Waals surface area contributed by atoms with Crippen LogP contribution in [0.1, 0.15) is 48.4 Å². The second-order valence-corrected chi connectivity index (χ2v) is 10.4. The Bertz CT molecular complexity index is 1180. The highest BCUT2D eigenvalue weighted by molar-refractivity contribution is 9.10. The lowest BCUT2D eigenvalue weighted by molar-refractivity contribution is -0.143. The normalized spacial score (nSPS) is 19.8. The van der Waals surface area contributed by atoms with Gasteiger partial charge in [-0.3, -0.25) is 0 Å². The Hall–Kier alpha value is -2.37. The second-order valence-electron chi connectivity index (χ2n) is 9.53. The zero-order valence-corrected chi connectivity index (χ0v) is 23.3. The number of hydrogen-bond acceptors (Lipinski definition) is 4. The van der Waals surface area contributed by atoms with E-state index in [1.54, 1.807) is 4.90 Å². The fraction of sp³-hybridized carbons (Fsp3) is 0.407. The molecular formula is C27H28BrClF6N4. The molecule has 1 saturated heterocycles. The van der Waals surface area contributed by atoms with Crippen LogP contribution < -0.4 is 10.2 Å². The van der Waals surface area contributed by atoms with Crippen LogP contribution in [0.4, 0.5) is 32.3 Å². The van der Waals surface area contributed by atoms with E-state index in [0.717, 1.165) is 30.5 Å². The number of piperidine rings is 1. The van der Waals surface area contributed by atoms with Gasteiger partial charge in [0.15, 0.2) is 0 Å². The number of halogens is 8. The number of nitrogens with zero attached hydrogens (tertiary/aromatic N) is 3. The molecule has 2 heterocycles. The Morgan fingerprint density at radius 1 is 0.872 bits per heavy atom. The summed E-state index contributed by atoms with van der Waals surface area (Å²) < 4.78 is 81.8. The minimum absolute atomic E-state index is 0. The van der Waals surface area contributed by atoms with Gasteiger partial charge in [0.25, 0.3) is 0 Å². The van der Waals surface area contributed by atoms with Crippen LogP contribution in [-0.2, 0) is 25.3 Å². The van der Waals surface area contributed by atoms with Crippen LogP contribution >= 0.6 is 28.3 Å². The molecule has 212 valence electrons. The first-order chi connectivity index (χ1) is 17.9. The molecule has 4 rings (SSSR count). The maximum absolute atomic E-state index is 13.5. The number of aromatic nitrogens is 2. The quantitative estimate of drug-likeness (QED) is 0.268. The van der Waals surface area contributed by atoms with Crippen molar-refractivity contribution in [2.24, 2.45) is 0 Å². The van der Waals surface area contributed by atoms with E-state index < -0.39 is 23.5 Å². The van der Waals surface area contributed by atoms with Crippen LogP contribution in [-0.4, -0.2) is 28.1 Å². The van der Waals surface area contributed by atoms with Crippen molar-refractivity contribution < 1.29 is 26.3 Å². The molecule has 0 spiro atoms. The number of rotatable bonds is 7. The molecule has 12 heteroatoms. The molecule has 0 amide bonds. The molecular weight excluding hydrogens is 610 g/mol. The van der Waals surface area contributed by atoms with Crippen LogP contribution in [0, 0.1) is 0 Å². The molecule has 1 aromatic heterocycles. The molecule has 0 bridgehead atoms. The fourth-order valence-electron chi connectivity index (χ4n) is 4.93. The molecule has 39 heavy (non-hydrogen) atoms. The largest absolute Gasteiger partial charge is 0.416 e. The topological polar surface area (TPSA) is 41.1 Å². The van der Waals surface area contributed by atoms with Crippen molar-refractivity contribution in [1.82, 2.24) is 15.3 Å². The first-order valence-corrected chi connectivity index (χ1v) is 13.0. The molecule has 3 atom stereocenters. The summed E-state index contributed by atoms with van der Waals surface area (Å²) in [7, 11) is 0. The van der Waals surface area contributed by atoms with Gasteiger partial charge in [-0.05, 0) is 70.9 Å². The molecule has 0 aliphatic carbocycles. The van der Waals surface area contributed by atoms with Crippen LogP contribution in [0.3, 0.4) is 0 Å². The summed E-state index contributed by atoms with van der Waals surface area (Å²) in [6.45, 7) is 1.84. The smallest absolute Gasteiger partial charge is 0.333 e. The molecule has 1 unspecified atom stereocenters. The van der Waals surface area contributed by atoms with Gasteiger partial charge >= 0.3 is 12.4 Å². The lowest BCUT2D eigenvalue weighted by atomic mass is 9.88. The lowest BCUT2D eigenvalue weighted by Crippen LogP contribution is -2.53. The van der Waals surface area contributed by atoms with Crippen LogP contribution in [0.15, 0.2) is 65.4 Å². The van der Waals surface area contributed by atoms with Gasteiger partial charge in [0.1, 0.15) is 0 Å². The number of hydrogen-bond donors (Lipinski definition) is 1. The third-order valence-corrected chi connectivity index (χ3v) is 7.12. The Morgan fingerprint density at radius 3 is 1.97 bits per heavy atom. The summed E-state index contributed by atoms with van der Waals surface area (Å²) in [4.78, 5) is 10.5. The molecule has 1 aliphatic rings. The van der Waals surface area contributed by atoms with E-state index in [-0.39, 0.29) is 54.7 Å². The maximum Gasteiger partial charge on any atom is 0.416 e. The minimum atomic E-state index is -4.92. The Morgan fingerprint density at radius 2 is 1.44 bits per heavy atom. The van der Waals surface area contributed by atoms with Gasteiger partial charge in [0.05, 0.1) is 15.6 Å². The van der Waals surface area contributed by atoms with E-state index in [4.69, 9.17) is 0 Å². The number of anilines is 1. The molecule has 1 N–H and O–H groups in total. The molecule has 0 saturated carbocycles. The van der Waals surface area contributed by atoms with E-state index in [9.17, 15) is 26.3 Å². The first kappa shape index (κ1) is 31.2. The molecule has 0 radical (unpaired) electrons. The van der Waals surface area contributed by atoms with E-state index in [1.165, 1.54) is 12.4 Å². The van der Waals surface area contributed by atoms with Crippen molar-refractivity contribution in [3.05, 3.63) is 87.7 Å². The monoisotopic (exact) mass is 636 g/mol. The minimum Gasteiger partial charge on any atom is -0.333 e. The van der Waals surface area contributed by atoms with Crippen molar-refractivity contribution in [3.8, 4) is 0 Å². The van der Waals surface area contributed by atoms with Gasteiger partial charge in [-0.1, -0.05) is 37.3 Å². The lowest BCUT2D eigenvalue weighted by Gasteiger charge is -2.42. The predicted octanol–water partition coefficient (Wildman–Crippen LogP) is 7.85. The highest BCUT2D eigenvalue weighted by Gasteiger charge is 2.38. The van der Waals surface area contributed by atoms with Crippen molar-refractivity contribution in [2.45, 2.75) is 69.6 Å². The summed E-state index contributed by atoms with van der Waals surface area (Å²) in [5, 5.41) is 3.65. The zero-order chi connectivity index (χ0) is 27.5. The van der Waals surface area contributed by atoms with Gasteiger partial charge in [0, 0.05) is 37.1 Å². The number of alkyl halides is 6. The molecule has 3 aromatic rings. The van der Waals surface area contributed by atoms with Gasteiger partial charge in [-0.2, -0.15) is 26.3 Å². The summed E-state index contributed by atoms with van der Waals surface area (Å²) in [5.74, 6) is 0.249. The maximum atomic E-state index is 13.5. The summed E-state index contributed by atoms with van der Waals surface area (Å²) in [6.07, 6.45) is -3.98. The molecule has 1 aliphatic heterocycles. The van der Waals surface area contributed by atoms with Crippen LogP contribution in [0.5, 0.6) is 0 Å². The standard InChI is InChI=1S/C27H27BrF6N4.ClH/c1-2-22-12-24(13-23(37-22)10-17-6-4-3-5-7-17)38(25-35-14-21(28)15-36-25)16-18-8-19(26(29,30)31)11-20(9-18)27(32,33)34;/h3-9,11,14-15,22-24,37H,2,10,12-13,16H2,1H3;1H/t22-,23+,24?;/m0./s1. The van der Waals surface area contributed by atoms with E-state index in [1.807, 2.05) is 37.3 Å². The van der Waals surface area contributed by atoms with Gasteiger partial charge in [-0.15, -0.1) is 12.4 Å². The van der Waals surface area contributed by atoms with E-state index >= 15 is 0 Å². The zero-order valence-electron chi connectivity index (χ0n) is 20.9. The average Bonchev–Trinajstić information content (AvgIpc) is 2.87. The molecule has 2 aromatic carbocycles.